The summed E-state index contributed by atoms with van der Waals surface area (Å²) in [5.41, 5.74) is 1.58. The fourth-order valence-electron chi connectivity index (χ4n) is 1.56. The topological polar surface area (TPSA) is 55.1 Å². The second kappa shape index (κ2) is 3.14. The van der Waals surface area contributed by atoms with Crippen LogP contribution in [0.4, 0.5) is 0 Å². The molecule has 0 saturated carbocycles. The number of rotatable bonds is 2. The summed E-state index contributed by atoms with van der Waals surface area (Å²) in [6.07, 6.45) is -0.0264. The Hall–Kier alpha value is -1.84. The number of carboxylic acids is 1. The lowest BCUT2D eigenvalue weighted by atomic mass is 10.2. The Balaban J connectivity index is 2.60. The Labute approximate surface area is 80.8 Å². The number of aryl methyl sites for hydroxylation is 1. The van der Waals surface area contributed by atoms with Gasteiger partial charge in [-0.25, -0.2) is 0 Å². The van der Waals surface area contributed by atoms with Gasteiger partial charge < -0.3 is 5.11 Å². The zero-order chi connectivity index (χ0) is 10.1. The second-order valence-electron chi connectivity index (χ2n) is 3.16. The van der Waals surface area contributed by atoms with E-state index in [0.29, 0.717) is 5.69 Å². The summed E-state index contributed by atoms with van der Waals surface area (Å²) in [6, 6.07) is 7.61. The molecule has 1 heterocycles. The predicted molar refractivity (Wildman–Crippen MR) is 52.1 cm³/mol. The smallest absolute Gasteiger partial charge is 0.309 e. The van der Waals surface area contributed by atoms with E-state index in [9.17, 15) is 4.79 Å². The van der Waals surface area contributed by atoms with E-state index >= 15 is 0 Å². The summed E-state index contributed by atoms with van der Waals surface area (Å²) in [5.74, 6) is -0.853. The number of aliphatic carboxylic acids is 1. The molecular formula is C10H10N2O2. The Morgan fingerprint density at radius 2 is 2.21 bits per heavy atom. The molecule has 1 N–H and O–H groups in total. The quantitative estimate of drug-likeness (QED) is 0.774. The zero-order valence-corrected chi connectivity index (χ0v) is 7.77. The van der Waals surface area contributed by atoms with Gasteiger partial charge in [0.1, 0.15) is 0 Å². The Morgan fingerprint density at radius 1 is 1.50 bits per heavy atom. The molecule has 0 atom stereocenters. The summed E-state index contributed by atoms with van der Waals surface area (Å²) in [6.45, 7) is 0. The molecular weight excluding hydrogens is 180 g/mol. The van der Waals surface area contributed by atoms with Gasteiger partial charge in [0.05, 0.1) is 17.6 Å². The first kappa shape index (κ1) is 8.74. The number of para-hydroxylation sites is 1. The van der Waals surface area contributed by atoms with E-state index in [0.717, 1.165) is 10.9 Å². The summed E-state index contributed by atoms with van der Waals surface area (Å²) >= 11 is 0. The van der Waals surface area contributed by atoms with E-state index in [-0.39, 0.29) is 6.42 Å². The van der Waals surface area contributed by atoms with E-state index in [2.05, 4.69) is 5.10 Å². The number of hydrogen-bond acceptors (Lipinski definition) is 2. The van der Waals surface area contributed by atoms with Crippen molar-refractivity contribution < 1.29 is 9.90 Å². The van der Waals surface area contributed by atoms with Crippen molar-refractivity contribution in [2.24, 2.45) is 7.05 Å². The highest BCUT2D eigenvalue weighted by atomic mass is 16.4. The number of hydrogen-bond donors (Lipinski definition) is 1. The van der Waals surface area contributed by atoms with Crippen LogP contribution in [0.25, 0.3) is 10.9 Å². The number of aromatic nitrogens is 2. The first-order chi connectivity index (χ1) is 6.68. The van der Waals surface area contributed by atoms with Crippen LogP contribution in [0.2, 0.25) is 0 Å². The number of carbonyl (C=O) groups is 1. The predicted octanol–water partition coefficient (Wildman–Crippen LogP) is 1.20. The molecule has 0 bridgehead atoms. The van der Waals surface area contributed by atoms with Gasteiger partial charge >= 0.3 is 5.97 Å². The normalized spacial score (nSPS) is 10.6. The third-order valence-corrected chi connectivity index (χ3v) is 2.15. The summed E-state index contributed by atoms with van der Waals surface area (Å²) in [4.78, 5) is 10.6. The van der Waals surface area contributed by atoms with Crippen LogP contribution < -0.4 is 0 Å². The van der Waals surface area contributed by atoms with Gasteiger partial charge in [-0.2, -0.15) is 5.10 Å². The molecule has 0 radical (unpaired) electrons. The monoisotopic (exact) mass is 190 g/mol. The molecule has 0 amide bonds. The van der Waals surface area contributed by atoms with Gasteiger partial charge in [0, 0.05) is 12.4 Å². The Morgan fingerprint density at radius 3 is 2.93 bits per heavy atom. The fraction of sp³-hybridized carbons (Fsp3) is 0.200. The van der Waals surface area contributed by atoms with Crippen molar-refractivity contribution in [3.63, 3.8) is 0 Å². The number of carboxylic acid groups (broad SMARTS) is 1. The molecule has 0 aliphatic rings. The van der Waals surface area contributed by atoms with Crippen LogP contribution in [0.3, 0.4) is 0 Å². The first-order valence-electron chi connectivity index (χ1n) is 4.31. The lowest BCUT2D eigenvalue weighted by Gasteiger charge is -1.91. The highest BCUT2D eigenvalue weighted by molar-refractivity contribution is 5.85. The Bertz CT molecular complexity index is 488. The molecule has 0 fully saturated rings. The van der Waals surface area contributed by atoms with Crippen molar-refractivity contribution in [3.05, 3.63) is 30.0 Å². The van der Waals surface area contributed by atoms with Crippen molar-refractivity contribution >= 4 is 16.9 Å². The van der Waals surface area contributed by atoms with Crippen LogP contribution in [0.5, 0.6) is 0 Å². The minimum Gasteiger partial charge on any atom is -0.481 e. The SMILES string of the molecule is Cn1nc(CC(=O)O)c2ccccc21. The maximum Gasteiger partial charge on any atom is 0.309 e. The Kier molecular flexibility index (Phi) is 1.96. The van der Waals surface area contributed by atoms with E-state index in [1.165, 1.54) is 0 Å². The standard InChI is InChI=1S/C10H10N2O2/c1-12-9-5-3-2-4-7(9)8(11-12)6-10(13)14/h2-5H,6H2,1H3,(H,13,14). The fourth-order valence-corrected chi connectivity index (χ4v) is 1.56. The van der Waals surface area contributed by atoms with Crippen LogP contribution >= 0.6 is 0 Å². The molecule has 2 aromatic rings. The van der Waals surface area contributed by atoms with E-state index in [4.69, 9.17) is 5.11 Å². The first-order valence-corrected chi connectivity index (χ1v) is 4.31. The zero-order valence-electron chi connectivity index (χ0n) is 7.77. The van der Waals surface area contributed by atoms with Crippen LogP contribution in [0.1, 0.15) is 5.69 Å². The molecule has 72 valence electrons. The average Bonchev–Trinajstić information content (AvgIpc) is 2.44. The molecule has 0 aliphatic carbocycles. The third-order valence-electron chi connectivity index (χ3n) is 2.15. The summed E-state index contributed by atoms with van der Waals surface area (Å²) in [7, 11) is 1.81. The number of fused-ring (bicyclic) bond motifs is 1. The van der Waals surface area contributed by atoms with Gasteiger partial charge in [-0.15, -0.1) is 0 Å². The molecule has 4 nitrogen and oxygen atoms in total. The lowest BCUT2D eigenvalue weighted by Crippen LogP contribution is -2.01. The van der Waals surface area contributed by atoms with Gasteiger partial charge in [0.2, 0.25) is 0 Å². The molecule has 0 unspecified atom stereocenters. The highest BCUT2D eigenvalue weighted by Crippen LogP contribution is 2.17. The highest BCUT2D eigenvalue weighted by Gasteiger charge is 2.10. The van der Waals surface area contributed by atoms with E-state index in [1.807, 2.05) is 31.3 Å². The van der Waals surface area contributed by atoms with Gasteiger partial charge in [-0.05, 0) is 6.07 Å². The molecule has 4 heteroatoms. The van der Waals surface area contributed by atoms with Crippen LogP contribution in [-0.4, -0.2) is 20.9 Å². The van der Waals surface area contributed by atoms with Gasteiger partial charge in [-0.3, -0.25) is 9.48 Å². The molecule has 1 aromatic heterocycles. The van der Waals surface area contributed by atoms with Crippen LogP contribution in [-0.2, 0) is 18.3 Å². The van der Waals surface area contributed by atoms with Crippen molar-refractivity contribution in [3.8, 4) is 0 Å². The van der Waals surface area contributed by atoms with E-state index < -0.39 is 5.97 Å². The molecule has 2 rings (SSSR count). The van der Waals surface area contributed by atoms with Crippen molar-refractivity contribution in [1.82, 2.24) is 9.78 Å². The van der Waals surface area contributed by atoms with Gasteiger partial charge in [-0.1, -0.05) is 18.2 Å². The minimum atomic E-state index is -0.853. The molecule has 14 heavy (non-hydrogen) atoms. The second-order valence-corrected chi connectivity index (χ2v) is 3.16. The largest absolute Gasteiger partial charge is 0.481 e. The molecule has 1 aromatic carbocycles. The van der Waals surface area contributed by atoms with Gasteiger partial charge in [0.25, 0.3) is 0 Å². The number of nitrogens with zero attached hydrogens (tertiary/aromatic N) is 2. The lowest BCUT2D eigenvalue weighted by molar-refractivity contribution is -0.136. The maximum absolute atomic E-state index is 10.6. The van der Waals surface area contributed by atoms with Crippen LogP contribution in [0.15, 0.2) is 24.3 Å². The van der Waals surface area contributed by atoms with Crippen molar-refractivity contribution in [2.75, 3.05) is 0 Å². The molecule has 0 aliphatic heterocycles. The summed E-state index contributed by atoms with van der Waals surface area (Å²) < 4.78 is 1.70. The van der Waals surface area contributed by atoms with Gasteiger partial charge in [0.15, 0.2) is 0 Å². The number of benzene rings is 1. The minimum absolute atomic E-state index is 0.0264. The summed E-state index contributed by atoms with van der Waals surface area (Å²) in [5, 5.41) is 13.8. The molecule has 0 saturated heterocycles. The van der Waals surface area contributed by atoms with Crippen molar-refractivity contribution in [1.29, 1.82) is 0 Å². The maximum atomic E-state index is 10.6. The van der Waals surface area contributed by atoms with E-state index in [1.54, 1.807) is 4.68 Å². The van der Waals surface area contributed by atoms with Crippen LogP contribution in [0, 0.1) is 0 Å². The molecule has 0 spiro atoms. The average molecular weight is 190 g/mol. The van der Waals surface area contributed by atoms with Crippen molar-refractivity contribution in [2.45, 2.75) is 6.42 Å². The third kappa shape index (κ3) is 1.35.